The van der Waals surface area contributed by atoms with E-state index in [9.17, 15) is 0 Å². The van der Waals surface area contributed by atoms with Gasteiger partial charge >= 0.3 is 0 Å². The van der Waals surface area contributed by atoms with Crippen molar-refractivity contribution in [2.45, 2.75) is 26.9 Å². The third-order valence-electron chi connectivity index (χ3n) is 3.90. The summed E-state index contributed by atoms with van der Waals surface area (Å²) in [6.45, 7) is 4.44. The summed E-state index contributed by atoms with van der Waals surface area (Å²) in [4.78, 5) is 4.61. The molecule has 0 radical (unpaired) electrons. The van der Waals surface area contributed by atoms with Gasteiger partial charge in [0.2, 0.25) is 11.8 Å². The summed E-state index contributed by atoms with van der Waals surface area (Å²) in [6, 6.07) is 11.9. The summed E-state index contributed by atoms with van der Waals surface area (Å²) in [5.74, 6) is 1.99. The first-order chi connectivity index (χ1) is 12.2. The Labute approximate surface area is 145 Å². The monoisotopic (exact) mass is 334 g/mol. The topological polar surface area (TPSA) is 65.5 Å². The van der Waals surface area contributed by atoms with E-state index in [0.717, 1.165) is 29.1 Å². The van der Waals surface area contributed by atoms with Gasteiger partial charge in [0.15, 0.2) is 0 Å². The summed E-state index contributed by atoms with van der Waals surface area (Å²) in [6.07, 6.45) is 4.61. The van der Waals surface area contributed by atoms with Crippen LogP contribution in [0.3, 0.4) is 0 Å². The van der Waals surface area contributed by atoms with Gasteiger partial charge < -0.3 is 13.6 Å². The quantitative estimate of drug-likeness (QED) is 0.555. The summed E-state index contributed by atoms with van der Waals surface area (Å²) < 4.78 is 13.4. The van der Waals surface area contributed by atoms with Gasteiger partial charge in [-0.15, -0.1) is 10.2 Å². The maximum absolute atomic E-state index is 5.82. The van der Waals surface area contributed by atoms with Gasteiger partial charge in [-0.1, -0.05) is 19.1 Å². The molecule has 0 bridgehead atoms. The molecule has 6 nitrogen and oxygen atoms in total. The lowest BCUT2D eigenvalue weighted by Crippen LogP contribution is -1.95. The summed E-state index contributed by atoms with van der Waals surface area (Å²) in [7, 11) is 0. The molecule has 126 valence electrons. The molecule has 0 aliphatic rings. The van der Waals surface area contributed by atoms with E-state index in [4.69, 9.17) is 9.15 Å². The molecule has 3 heterocycles. The van der Waals surface area contributed by atoms with Gasteiger partial charge in [-0.2, -0.15) is 0 Å². The van der Waals surface area contributed by atoms with E-state index in [1.54, 1.807) is 0 Å². The number of hydrogen-bond donors (Lipinski definition) is 0. The van der Waals surface area contributed by atoms with Crippen molar-refractivity contribution in [2.75, 3.05) is 0 Å². The molecule has 0 fully saturated rings. The highest BCUT2D eigenvalue weighted by molar-refractivity contribution is 5.59. The minimum Gasteiger partial charge on any atom is -0.487 e. The van der Waals surface area contributed by atoms with E-state index in [2.05, 4.69) is 15.2 Å². The number of ether oxygens (including phenoxy) is 1. The van der Waals surface area contributed by atoms with Crippen molar-refractivity contribution in [2.24, 2.45) is 0 Å². The van der Waals surface area contributed by atoms with Gasteiger partial charge in [0.1, 0.15) is 18.0 Å². The molecule has 25 heavy (non-hydrogen) atoms. The van der Waals surface area contributed by atoms with Gasteiger partial charge in [-0.25, -0.2) is 4.98 Å². The Morgan fingerprint density at radius 1 is 1.16 bits per heavy atom. The predicted octanol–water partition coefficient (Wildman–Crippen LogP) is 3.83. The van der Waals surface area contributed by atoms with E-state index in [1.807, 2.05) is 67.0 Å². The Hall–Kier alpha value is -3.15. The van der Waals surface area contributed by atoms with E-state index in [0.29, 0.717) is 18.4 Å². The lowest BCUT2D eigenvalue weighted by atomic mass is 10.2. The first kappa shape index (κ1) is 15.4. The fraction of sp³-hybridized carbons (Fsp3) is 0.211. The molecule has 0 aliphatic carbocycles. The zero-order valence-electron chi connectivity index (χ0n) is 14.1. The molecule has 1 aromatic carbocycles. The van der Waals surface area contributed by atoms with E-state index in [-0.39, 0.29) is 0 Å². The standard InChI is InChI=1S/C19H18N4O2/c1-3-18-21-22-19(25-18)14-7-8-23-11-15(20-17(23)10-14)12-24-16-6-4-5-13(2)9-16/h4-11H,3,12H2,1-2H3. The van der Waals surface area contributed by atoms with E-state index < -0.39 is 0 Å². The SMILES string of the molecule is CCc1nnc(-c2ccn3cc(COc4cccc(C)c4)nc3c2)o1. The smallest absolute Gasteiger partial charge is 0.247 e. The predicted molar refractivity (Wildman–Crippen MR) is 93.4 cm³/mol. The van der Waals surface area contributed by atoms with Crippen molar-refractivity contribution in [3.05, 3.63) is 65.9 Å². The van der Waals surface area contributed by atoms with Gasteiger partial charge in [0.05, 0.1) is 5.69 Å². The number of aromatic nitrogens is 4. The van der Waals surface area contributed by atoms with Gasteiger partial charge in [0, 0.05) is 24.4 Å². The lowest BCUT2D eigenvalue weighted by Gasteiger charge is -2.04. The van der Waals surface area contributed by atoms with Crippen molar-refractivity contribution >= 4 is 5.65 Å². The van der Waals surface area contributed by atoms with Crippen LogP contribution < -0.4 is 4.74 Å². The van der Waals surface area contributed by atoms with Crippen molar-refractivity contribution in [3.63, 3.8) is 0 Å². The van der Waals surface area contributed by atoms with Crippen molar-refractivity contribution < 1.29 is 9.15 Å². The molecule has 0 atom stereocenters. The largest absolute Gasteiger partial charge is 0.487 e. The normalized spacial score (nSPS) is 11.1. The van der Waals surface area contributed by atoms with Crippen LogP contribution in [0, 0.1) is 6.92 Å². The van der Waals surface area contributed by atoms with Crippen molar-refractivity contribution in [3.8, 4) is 17.2 Å². The van der Waals surface area contributed by atoms with Crippen LogP contribution in [0.1, 0.15) is 24.1 Å². The van der Waals surface area contributed by atoms with Crippen LogP contribution in [-0.4, -0.2) is 19.6 Å². The molecule has 4 aromatic rings. The molecule has 0 spiro atoms. The number of nitrogens with zero attached hydrogens (tertiary/aromatic N) is 4. The van der Waals surface area contributed by atoms with Gasteiger partial charge in [0.25, 0.3) is 0 Å². The molecule has 0 N–H and O–H groups in total. The Morgan fingerprint density at radius 2 is 2.08 bits per heavy atom. The molecule has 0 saturated carbocycles. The number of benzene rings is 1. The summed E-state index contributed by atoms with van der Waals surface area (Å²) in [5, 5.41) is 8.08. The average molecular weight is 334 g/mol. The molecule has 6 heteroatoms. The fourth-order valence-corrected chi connectivity index (χ4v) is 2.61. The zero-order chi connectivity index (χ0) is 17.2. The third-order valence-corrected chi connectivity index (χ3v) is 3.90. The minimum atomic E-state index is 0.418. The fourth-order valence-electron chi connectivity index (χ4n) is 2.61. The van der Waals surface area contributed by atoms with Crippen LogP contribution in [0.25, 0.3) is 17.1 Å². The highest BCUT2D eigenvalue weighted by Crippen LogP contribution is 2.20. The van der Waals surface area contributed by atoms with Crippen LogP contribution in [-0.2, 0) is 13.0 Å². The molecular formula is C19H18N4O2. The van der Waals surface area contributed by atoms with Crippen LogP contribution >= 0.6 is 0 Å². The Balaban J connectivity index is 1.55. The highest BCUT2D eigenvalue weighted by atomic mass is 16.5. The summed E-state index contributed by atoms with van der Waals surface area (Å²) >= 11 is 0. The van der Waals surface area contributed by atoms with Crippen LogP contribution in [0.15, 0.2) is 53.2 Å². The average Bonchev–Trinajstić information content (AvgIpc) is 3.25. The maximum atomic E-state index is 5.82. The van der Waals surface area contributed by atoms with E-state index in [1.165, 1.54) is 5.56 Å². The van der Waals surface area contributed by atoms with Crippen molar-refractivity contribution in [1.82, 2.24) is 19.6 Å². The maximum Gasteiger partial charge on any atom is 0.247 e. The Bertz CT molecular complexity index is 1020. The second kappa shape index (κ2) is 6.39. The van der Waals surface area contributed by atoms with Crippen molar-refractivity contribution in [1.29, 1.82) is 0 Å². The number of rotatable bonds is 5. The Kier molecular flexibility index (Phi) is 3.93. The number of aryl methyl sites for hydroxylation is 2. The first-order valence-corrected chi connectivity index (χ1v) is 8.21. The molecule has 0 amide bonds. The minimum absolute atomic E-state index is 0.418. The number of hydrogen-bond acceptors (Lipinski definition) is 5. The summed E-state index contributed by atoms with van der Waals surface area (Å²) in [5.41, 5.74) is 3.70. The second-order valence-electron chi connectivity index (χ2n) is 5.87. The molecule has 0 saturated heterocycles. The third kappa shape index (κ3) is 3.24. The molecule has 0 aliphatic heterocycles. The van der Waals surface area contributed by atoms with Crippen LogP contribution in [0.2, 0.25) is 0 Å². The van der Waals surface area contributed by atoms with Gasteiger partial charge in [-0.05, 0) is 36.8 Å². The van der Waals surface area contributed by atoms with Crippen LogP contribution in [0.5, 0.6) is 5.75 Å². The highest BCUT2D eigenvalue weighted by Gasteiger charge is 2.10. The first-order valence-electron chi connectivity index (χ1n) is 8.21. The number of imidazole rings is 1. The van der Waals surface area contributed by atoms with Gasteiger partial charge in [-0.3, -0.25) is 0 Å². The van der Waals surface area contributed by atoms with Crippen LogP contribution in [0.4, 0.5) is 0 Å². The number of fused-ring (bicyclic) bond motifs is 1. The Morgan fingerprint density at radius 3 is 2.88 bits per heavy atom. The molecule has 0 unspecified atom stereocenters. The van der Waals surface area contributed by atoms with E-state index >= 15 is 0 Å². The number of pyridine rings is 1. The molecule has 3 aromatic heterocycles. The second-order valence-corrected chi connectivity index (χ2v) is 5.87. The molecular weight excluding hydrogens is 316 g/mol. The zero-order valence-corrected chi connectivity index (χ0v) is 14.1. The lowest BCUT2D eigenvalue weighted by molar-refractivity contribution is 0.302. The molecule has 4 rings (SSSR count).